The van der Waals surface area contributed by atoms with Crippen molar-refractivity contribution < 1.29 is 4.42 Å². The van der Waals surface area contributed by atoms with Gasteiger partial charge < -0.3 is 10.2 Å². The number of nitrogens with two attached hydrogens (primary N) is 1. The first-order chi connectivity index (χ1) is 7.75. The van der Waals surface area contributed by atoms with Gasteiger partial charge in [0.05, 0.1) is 12.5 Å². The number of aryl methyl sites for hydroxylation is 1. The molecule has 0 aliphatic carbocycles. The zero-order chi connectivity index (χ0) is 11.1. The number of rotatable bonds is 1. The van der Waals surface area contributed by atoms with Gasteiger partial charge in [0.15, 0.2) is 0 Å². The largest absolute Gasteiger partial charge is 0.464 e. The molecular formula is C12H11N3O. The Morgan fingerprint density at radius 3 is 2.94 bits per heavy atom. The number of benzene rings is 1. The van der Waals surface area contributed by atoms with Crippen LogP contribution in [0.1, 0.15) is 0 Å². The Balaban J connectivity index is 2.21. The number of nitrogens with zero attached hydrogens (tertiary/aromatic N) is 2. The summed E-state index contributed by atoms with van der Waals surface area (Å²) in [4.78, 5) is 0. The van der Waals surface area contributed by atoms with Crippen LogP contribution in [0.4, 0.5) is 5.82 Å². The molecule has 80 valence electrons. The molecule has 0 aliphatic rings. The summed E-state index contributed by atoms with van der Waals surface area (Å²) >= 11 is 0. The third-order valence-electron chi connectivity index (χ3n) is 2.75. The molecule has 0 bridgehead atoms. The molecule has 1 aromatic carbocycles. The van der Waals surface area contributed by atoms with E-state index < -0.39 is 0 Å². The quantitative estimate of drug-likeness (QED) is 0.675. The van der Waals surface area contributed by atoms with Crippen molar-refractivity contribution in [1.29, 1.82) is 0 Å². The number of aromatic nitrogens is 2. The van der Waals surface area contributed by atoms with E-state index in [0.717, 1.165) is 22.1 Å². The molecule has 0 spiro atoms. The monoisotopic (exact) mass is 213 g/mol. The van der Waals surface area contributed by atoms with Crippen molar-refractivity contribution in [3.63, 3.8) is 0 Å². The predicted octanol–water partition coefficient (Wildman–Crippen LogP) is 2.42. The molecule has 0 saturated heterocycles. The van der Waals surface area contributed by atoms with Gasteiger partial charge in [-0.15, -0.1) is 0 Å². The van der Waals surface area contributed by atoms with Crippen LogP contribution >= 0.6 is 0 Å². The van der Waals surface area contributed by atoms with Crippen LogP contribution in [0.3, 0.4) is 0 Å². The van der Waals surface area contributed by atoms with Crippen LogP contribution in [0.15, 0.2) is 41.1 Å². The number of anilines is 1. The lowest BCUT2D eigenvalue weighted by molar-refractivity contribution is 0.616. The number of nitrogen functional groups attached to an aromatic ring is 1. The fraction of sp³-hybridized carbons (Fsp3) is 0.0833. The van der Waals surface area contributed by atoms with E-state index in [1.807, 2.05) is 31.3 Å². The maximum atomic E-state index is 5.92. The minimum Gasteiger partial charge on any atom is -0.464 e. The van der Waals surface area contributed by atoms with Gasteiger partial charge in [-0.1, -0.05) is 12.1 Å². The van der Waals surface area contributed by atoms with Gasteiger partial charge in [0.2, 0.25) is 0 Å². The molecule has 0 unspecified atom stereocenters. The fourth-order valence-corrected chi connectivity index (χ4v) is 1.79. The van der Waals surface area contributed by atoms with Crippen LogP contribution in [0.5, 0.6) is 0 Å². The summed E-state index contributed by atoms with van der Waals surface area (Å²) in [7, 11) is 1.82. The smallest absolute Gasteiger partial charge is 0.134 e. The third kappa shape index (κ3) is 1.20. The molecule has 0 atom stereocenters. The molecule has 16 heavy (non-hydrogen) atoms. The van der Waals surface area contributed by atoms with Crippen molar-refractivity contribution in [1.82, 2.24) is 9.78 Å². The Kier molecular flexibility index (Phi) is 1.77. The van der Waals surface area contributed by atoms with Crippen LogP contribution in [0.25, 0.3) is 22.1 Å². The lowest BCUT2D eigenvalue weighted by Gasteiger charge is -2.00. The Bertz CT molecular complexity index is 651. The molecule has 0 saturated carbocycles. The third-order valence-corrected chi connectivity index (χ3v) is 2.75. The summed E-state index contributed by atoms with van der Waals surface area (Å²) in [5, 5.41) is 5.21. The van der Waals surface area contributed by atoms with E-state index in [2.05, 4.69) is 5.10 Å². The van der Waals surface area contributed by atoms with E-state index in [9.17, 15) is 0 Å². The summed E-state index contributed by atoms with van der Waals surface area (Å²) in [6.45, 7) is 0. The Morgan fingerprint density at radius 1 is 1.31 bits per heavy atom. The number of hydrogen-bond donors (Lipinski definition) is 1. The lowest BCUT2D eigenvalue weighted by atomic mass is 10.1. The second kappa shape index (κ2) is 3.13. The van der Waals surface area contributed by atoms with Crippen molar-refractivity contribution in [2.45, 2.75) is 0 Å². The highest BCUT2D eigenvalue weighted by Crippen LogP contribution is 2.28. The van der Waals surface area contributed by atoms with Gasteiger partial charge in [-0.2, -0.15) is 5.10 Å². The molecule has 2 N–H and O–H groups in total. The second-order valence-electron chi connectivity index (χ2n) is 3.74. The first-order valence-electron chi connectivity index (χ1n) is 5.01. The van der Waals surface area contributed by atoms with Gasteiger partial charge in [0, 0.05) is 18.0 Å². The summed E-state index contributed by atoms with van der Waals surface area (Å²) < 4.78 is 7.01. The molecule has 0 aliphatic heterocycles. The molecule has 4 nitrogen and oxygen atoms in total. The SMILES string of the molecule is Cn1ncc(-c2ccc3ccoc3c2)c1N. The summed E-state index contributed by atoms with van der Waals surface area (Å²) in [6.07, 6.45) is 3.44. The van der Waals surface area contributed by atoms with Crippen molar-refractivity contribution in [3.8, 4) is 11.1 Å². The lowest BCUT2D eigenvalue weighted by Crippen LogP contribution is -1.97. The topological polar surface area (TPSA) is 57.0 Å². The molecule has 0 radical (unpaired) electrons. The highest BCUT2D eigenvalue weighted by molar-refractivity contribution is 5.85. The van der Waals surface area contributed by atoms with Crippen molar-refractivity contribution >= 4 is 16.8 Å². The van der Waals surface area contributed by atoms with Crippen molar-refractivity contribution in [2.75, 3.05) is 5.73 Å². The maximum absolute atomic E-state index is 5.92. The molecule has 4 heteroatoms. The predicted molar refractivity (Wildman–Crippen MR) is 62.8 cm³/mol. The summed E-state index contributed by atoms with van der Waals surface area (Å²) in [5.41, 5.74) is 8.74. The molecule has 3 rings (SSSR count). The number of fused-ring (bicyclic) bond motifs is 1. The van der Waals surface area contributed by atoms with Gasteiger partial charge in [0.1, 0.15) is 11.4 Å². The van der Waals surface area contributed by atoms with Gasteiger partial charge >= 0.3 is 0 Å². The summed E-state index contributed by atoms with van der Waals surface area (Å²) in [5.74, 6) is 0.658. The van der Waals surface area contributed by atoms with Crippen LogP contribution in [-0.2, 0) is 7.05 Å². The van der Waals surface area contributed by atoms with E-state index in [4.69, 9.17) is 10.2 Å². The van der Waals surface area contributed by atoms with Crippen LogP contribution in [0, 0.1) is 0 Å². The average Bonchev–Trinajstić information content (AvgIpc) is 2.86. The highest BCUT2D eigenvalue weighted by Gasteiger charge is 2.08. The second-order valence-corrected chi connectivity index (χ2v) is 3.74. The van der Waals surface area contributed by atoms with E-state index in [1.54, 1.807) is 17.1 Å². The van der Waals surface area contributed by atoms with E-state index >= 15 is 0 Å². The molecule has 2 aromatic heterocycles. The fourth-order valence-electron chi connectivity index (χ4n) is 1.79. The molecule has 3 aromatic rings. The van der Waals surface area contributed by atoms with E-state index in [-0.39, 0.29) is 0 Å². The van der Waals surface area contributed by atoms with Crippen LogP contribution in [0.2, 0.25) is 0 Å². The van der Waals surface area contributed by atoms with Gasteiger partial charge in [-0.25, -0.2) is 0 Å². The van der Waals surface area contributed by atoms with Gasteiger partial charge in [-0.3, -0.25) is 4.68 Å². The average molecular weight is 213 g/mol. The number of hydrogen-bond acceptors (Lipinski definition) is 3. The maximum Gasteiger partial charge on any atom is 0.134 e. The standard InChI is InChI=1S/C12H11N3O/c1-15-12(13)10(7-14-15)9-3-2-8-4-5-16-11(8)6-9/h2-7H,13H2,1H3. The molecule has 0 amide bonds. The zero-order valence-electron chi connectivity index (χ0n) is 8.84. The summed E-state index contributed by atoms with van der Waals surface area (Å²) in [6, 6.07) is 7.94. The first kappa shape index (κ1) is 9.03. The van der Waals surface area contributed by atoms with Gasteiger partial charge in [0.25, 0.3) is 0 Å². The van der Waals surface area contributed by atoms with Crippen LogP contribution < -0.4 is 5.73 Å². The highest BCUT2D eigenvalue weighted by atomic mass is 16.3. The van der Waals surface area contributed by atoms with Crippen LogP contribution in [-0.4, -0.2) is 9.78 Å². The minimum absolute atomic E-state index is 0.658. The van der Waals surface area contributed by atoms with E-state index in [0.29, 0.717) is 5.82 Å². The molecular weight excluding hydrogens is 202 g/mol. The van der Waals surface area contributed by atoms with Gasteiger partial charge in [-0.05, 0) is 17.7 Å². The van der Waals surface area contributed by atoms with Crippen molar-refractivity contribution in [2.24, 2.45) is 7.05 Å². The van der Waals surface area contributed by atoms with E-state index in [1.165, 1.54) is 0 Å². The minimum atomic E-state index is 0.658. The number of furan rings is 1. The first-order valence-corrected chi connectivity index (χ1v) is 5.01. The Hall–Kier alpha value is -2.23. The molecule has 0 fully saturated rings. The normalized spacial score (nSPS) is 11.1. The molecule has 2 heterocycles. The zero-order valence-corrected chi connectivity index (χ0v) is 8.84. The Morgan fingerprint density at radius 2 is 2.19 bits per heavy atom. The Labute approximate surface area is 92.3 Å². The van der Waals surface area contributed by atoms with Crippen molar-refractivity contribution in [3.05, 3.63) is 36.7 Å².